The average molecular weight is 341 g/mol. The van der Waals surface area contributed by atoms with Crippen molar-refractivity contribution in [1.29, 1.82) is 0 Å². The van der Waals surface area contributed by atoms with Gasteiger partial charge in [-0.25, -0.2) is 13.1 Å². The van der Waals surface area contributed by atoms with E-state index in [0.717, 1.165) is 12.6 Å². The van der Waals surface area contributed by atoms with Crippen LogP contribution in [0.5, 0.6) is 0 Å². The third-order valence-corrected chi connectivity index (χ3v) is 6.13. The van der Waals surface area contributed by atoms with E-state index in [2.05, 4.69) is 10.0 Å². The summed E-state index contributed by atoms with van der Waals surface area (Å²) in [6, 6.07) is 2.31. The van der Waals surface area contributed by atoms with Gasteiger partial charge in [0.2, 0.25) is 10.0 Å². The number of nitro groups is 1. The van der Waals surface area contributed by atoms with Gasteiger partial charge >= 0.3 is 0 Å². The van der Waals surface area contributed by atoms with Gasteiger partial charge in [0.05, 0.1) is 9.82 Å². The number of hydrogen-bond acceptors (Lipinski definition) is 5. The molecule has 7 nitrogen and oxygen atoms in total. The molecule has 1 aliphatic rings. The van der Waals surface area contributed by atoms with Gasteiger partial charge in [-0.15, -0.1) is 0 Å². The van der Waals surface area contributed by atoms with Crippen LogP contribution in [0.2, 0.25) is 0 Å². The van der Waals surface area contributed by atoms with Crippen molar-refractivity contribution in [3.8, 4) is 0 Å². The molecule has 1 unspecified atom stereocenters. The molecule has 8 heteroatoms. The first-order valence-electron chi connectivity index (χ1n) is 7.53. The zero-order chi connectivity index (χ0) is 17.4. The second-order valence-corrected chi connectivity index (χ2v) is 8.45. The summed E-state index contributed by atoms with van der Waals surface area (Å²) < 4.78 is 28.3. The Labute approximate surface area is 136 Å². The molecule has 2 rings (SSSR count). The number of nitrogens with zero attached hydrogens (tertiary/aromatic N) is 1. The Hall–Kier alpha value is -1.51. The number of non-ortho nitro benzene ring substituents is 1. The molecule has 0 amide bonds. The molecule has 1 aromatic carbocycles. The van der Waals surface area contributed by atoms with Crippen molar-refractivity contribution in [1.82, 2.24) is 10.0 Å². The van der Waals surface area contributed by atoms with E-state index in [-0.39, 0.29) is 22.0 Å². The lowest BCUT2D eigenvalue weighted by atomic mass is 9.81. The third-order valence-electron chi connectivity index (χ3n) is 4.54. The number of nitro benzene ring substituents is 1. The van der Waals surface area contributed by atoms with Gasteiger partial charge in [0.15, 0.2) is 0 Å². The first kappa shape index (κ1) is 17.8. The lowest BCUT2D eigenvalue weighted by Gasteiger charge is -2.39. The molecule has 1 aromatic rings. The van der Waals surface area contributed by atoms with Crippen molar-refractivity contribution in [3.63, 3.8) is 0 Å². The Morgan fingerprint density at radius 2 is 2.00 bits per heavy atom. The van der Waals surface area contributed by atoms with Crippen LogP contribution in [0.15, 0.2) is 17.0 Å². The van der Waals surface area contributed by atoms with E-state index in [1.807, 2.05) is 13.8 Å². The van der Waals surface area contributed by atoms with Crippen molar-refractivity contribution in [2.75, 3.05) is 13.1 Å². The molecular formula is C15H23N3O4S. The molecule has 0 aliphatic carbocycles. The van der Waals surface area contributed by atoms with Gasteiger partial charge in [0, 0.05) is 24.7 Å². The molecule has 0 saturated carbocycles. The molecule has 0 aromatic heterocycles. The summed E-state index contributed by atoms with van der Waals surface area (Å²) in [5.41, 5.74) is 0.687. The van der Waals surface area contributed by atoms with Crippen molar-refractivity contribution in [2.24, 2.45) is 5.41 Å². The van der Waals surface area contributed by atoms with E-state index in [4.69, 9.17) is 0 Å². The predicted octanol–water partition coefficient (Wildman–Crippen LogP) is 1.88. The van der Waals surface area contributed by atoms with Gasteiger partial charge in [-0.05, 0) is 43.4 Å². The Balaban J connectivity index is 2.42. The van der Waals surface area contributed by atoms with Gasteiger partial charge in [-0.2, -0.15) is 0 Å². The summed E-state index contributed by atoms with van der Waals surface area (Å²) in [6.07, 6.45) is 0.680. The Morgan fingerprint density at radius 3 is 2.57 bits per heavy atom. The molecule has 2 N–H and O–H groups in total. The fraction of sp³-hybridized carbons (Fsp3) is 0.600. The van der Waals surface area contributed by atoms with Crippen LogP contribution in [0, 0.1) is 29.4 Å². The van der Waals surface area contributed by atoms with Gasteiger partial charge in [-0.3, -0.25) is 10.1 Å². The average Bonchev–Trinajstić information content (AvgIpc) is 2.43. The number of aryl methyl sites for hydroxylation is 1. The number of nitrogens with one attached hydrogen (secondary N) is 2. The van der Waals surface area contributed by atoms with E-state index in [9.17, 15) is 18.5 Å². The Kier molecular flexibility index (Phi) is 4.79. The van der Waals surface area contributed by atoms with Crippen molar-refractivity contribution in [3.05, 3.63) is 33.4 Å². The highest BCUT2D eigenvalue weighted by Crippen LogP contribution is 2.29. The maximum atomic E-state index is 12.8. The Morgan fingerprint density at radius 1 is 1.35 bits per heavy atom. The maximum absolute atomic E-state index is 12.8. The van der Waals surface area contributed by atoms with Crippen molar-refractivity contribution < 1.29 is 13.3 Å². The largest absolute Gasteiger partial charge is 0.316 e. The zero-order valence-corrected chi connectivity index (χ0v) is 14.7. The molecule has 0 radical (unpaired) electrons. The number of benzene rings is 1. The SMILES string of the molecule is Cc1cc([N+](=O)[O-])cc(S(=O)(=O)NC2CCNCC2(C)C)c1C. The molecule has 1 saturated heterocycles. The van der Waals surface area contributed by atoms with Crippen LogP contribution >= 0.6 is 0 Å². The van der Waals surface area contributed by atoms with E-state index in [0.29, 0.717) is 24.1 Å². The summed E-state index contributed by atoms with van der Waals surface area (Å²) >= 11 is 0. The van der Waals surface area contributed by atoms with Gasteiger partial charge in [-0.1, -0.05) is 13.8 Å². The van der Waals surface area contributed by atoms with Crippen LogP contribution in [0.3, 0.4) is 0 Å². The molecule has 0 spiro atoms. The van der Waals surface area contributed by atoms with Crippen LogP contribution in [-0.4, -0.2) is 32.5 Å². The first-order chi connectivity index (χ1) is 10.5. The van der Waals surface area contributed by atoms with Crippen molar-refractivity contribution in [2.45, 2.75) is 45.1 Å². The summed E-state index contributed by atoms with van der Waals surface area (Å²) in [7, 11) is -3.82. The van der Waals surface area contributed by atoms with Crippen LogP contribution in [0.1, 0.15) is 31.4 Å². The normalized spacial score (nSPS) is 21.1. The lowest BCUT2D eigenvalue weighted by molar-refractivity contribution is -0.385. The van der Waals surface area contributed by atoms with E-state index in [1.165, 1.54) is 6.07 Å². The molecule has 1 aliphatic heterocycles. The van der Waals surface area contributed by atoms with Crippen LogP contribution < -0.4 is 10.0 Å². The first-order valence-corrected chi connectivity index (χ1v) is 9.01. The predicted molar refractivity (Wildman–Crippen MR) is 87.9 cm³/mol. The minimum atomic E-state index is -3.82. The van der Waals surface area contributed by atoms with E-state index in [1.54, 1.807) is 13.8 Å². The molecule has 1 fully saturated rings. The minimum Gasteiger partial charge on any atom is -0.316 e. The quantitative estimate of drug-likeness (QED) is 0.643. The lowest BCUT2D eigenvalue weighted by Crippen LogP contribution is -2.54. The molecule has 23 heavy (non-hydrogen) atoms. The van der Waals surface area contributed by atoms with E-state index >= 15 is 0 Å². The highest BCUT2D eigenvalue weighted by molar-refractivity contribution is 7.89. The van der Waals surface area contributed by atoms with E-state index < -0.39 is 14.9 Å². The highest BCUT2D eigenvalue weighted by atomic mass is 32.2. The smallest absolute Gasteiger partial charge is 0.271 e. The highest BCUT2D eigenvalue weighted by Gasteiger charge is 2.36. The molecule has 0 bridgehead atoms. The summed E-state index contributed by atoms with van der Waals surface area (Å²) in [5.74, 6) is 0. The topological polar surface area (TPSA) is 101 Å². The fourth-order valence-electron chi connectivity index (χ4n) is 2.83. The van der Waals surface area contributed by atoms with Gasteiger partial charge in [0.1, 0.15) is 0 Å². The van der Waals surface area contributed by atoms with Gasteiger partial charge < -0.3 is 5.32 Å². The minimum absolute atomic E-state index is 0.0152. The molecule has 1 heterocycles. The number of sulfonamides is 1. The zero-order valence-electron chi connectivity index (χ0n) is 13.8. The molecular weight excluding hydrogens is 318 g/mol. The second kappa shape index (κ2) is 6.18. The summed E-state index contributed by atoms with van der Waals surface area (Å²) in [4.78, 5) is 10.4. The number of piperidine rings is 1. The standard InChI is InChI=1S/C15H23N3O4S/c1-10-7-12(18(19)20)8-13(11(10)2)23(21,22)17-14-5-6-16-9-15(14,3)4/h7-8,14,16-17H,5-6,9H2,1-4H3. The monoisotopic (exact) mass is 341 g/mol. The molecule has 128 valence electrons. The fourth-order valence-corrected chi connectivity index (χ4v) is 4.61. The number of rotatable bonds is 4. The maximum Gasteiger partial charge on any atom is 0.271 e. The van der Waals surface area contributed by atoms with Gasteiger partial charge in [0.25, 0.3) is 5.69 Å². The molecule has 1 atom stereocenters. The van der Waals surface area contributed by atoms with Crippen LogP contribution in [-0.2, 0) is 10.0 Å². The van der Waals surface area contributed by atoms with Crippen LogP contribution in [0.25, 0.3) is 0 Å². The number of hydrogen-bond donors (Lipinski definition) is 2. The summed E-state index contributed by atoms with van der Waals surface area (Å²) in [6.45, 7) is 8.80. The third kappa shape index (κ3) is 3.70. The Bertz CT molecular complexity index is 728. The summed E-state index contributed by atoms with van der Waals surface area (Å²) in [5, 5.41) is 14.3. The van der Waals surface area contributed by atoms with Crippen molar-refractivity contribution >= 4 is 15.7 Å². The van der Waals surface area contributed by atoms with Crippen LogP contribution in [0.4, 0.5) is 5.69 Å². The second-order valence-electron chi connectivity index (χ2n) is 6.77.